The molecular formula is C38H51N3O8S. The third-order valence-corrected chi connectivity index (χ3v) is 10.6. The van der Waals surface area contributed by atoms with Crippen molar-refractivity contribution in [1.82, 2.24) is 5.32 Å². The van der Waals surface area contributed by atoms with Crippen LogP contribution in [-0.2, 0) is 35.1 Å². The summed E-state index contributed by atoms with van der Waals surface area (Å²) in [6.45, 7) is 5.25. The van der Waals surface area contributed by atoms with Gasteiger partial charge in [-0.2, -0.15) is 0 Å². The Bertz CT molecular complexity index is 1510. The Balaban J connectivity index is 1.58. The molecule has 5 N–H and O–H groups in total. The summed E-state index contributed by atoms with van der Waals surface area (Å²) in [5.41, 5.74) is 1.94. The van der Waals surface area contributed by atoms with Gasteiger partial charge in [-0.05, 0) is 51.2 Å². The first-order valence-electron chi connectivity index (χ1n) is 17.5. The van der Waals surface area contributed by atoms with Crippen LogP contribution in [0.4, 0.5) is 11.4 Å². The zero-order valence-electron chi connectivity index (χ0n) is 29.4. The van der Waals surface area contributed by atoms with E-state index in [1.165, 1.54) is 18.9 Å². The van der Waals surface area contributed by atoms with Gasteiger partial charge in [-0.15, -0.1) is 11.8 Å². The van der Waals surface area contributed by atoms with Gasteiger partial charge in [-0.1, -0.05) is 68.7 Å². The molecule has 12 heteroatoms. The fourth-order valence-corrected chi connectivity index (χ4v) is 7.39. The van der Waals surface area contributed by atoms with E-state index in [0.717, 1.165) is 37.0 Å². The van der Waals surface area contributed by atoms with Crippen LogP contribution >= 0.6 is 11.8 Å². The van der Waals surface area contributed by atoms with Gasteiger partial charge in [0.05, 0.1) is 35.8 Å². The summed E-state index contributed by atoms with van der Waals surface area (Å²) in [5.74, 6) is -1.70. The van der Waals surface area contributed by atoms with Crippen molar-refractivity contribution in [2.75, 3.05) is 23.5 Å². The largest absolute Gasteiger partial charge is 0.505 e. The highest BCUT2D eigenvalue weighted by Gasteiger charge is 2.31. The number of phenols is 1. The van der Waals surface area contributed by atoms with E-state index in [9.17, 15) is 29.4 Å². The first-order valence-corrected chi connectivity index (χ1v) is 18.5. The number of amides is 3. The van der Waals surface area contributed by atoms with E-state index in [1.54, 1.807) is 44.2 Å². The number of fused-ring (bicyclic) bond motifs is 4. The Morgan fingerprint density at radius 1 is 1.04 bits per heavy atom. The minimum Gasteiger partial charge on any atom is -0.505 e. The molecule has 1 aromatic carbocycles. The first kappa shape index (κ1) is 38.9. The SMILES string of the molecule is COC1\C=C/C=C\C=C/CC(OC(=O)C(C)NC(=O)C2CCCCC2)C(C)C(O)/C(C)=C\CCc2c(O)c(cc3c2SCC(=O)N3)NC(=O)C1. The molecule has 50 heavy (non-hydrogen) atoms. The van der Waals surface area contributed by atoms with Gasteiger partial charge in [-0.3, -0.25) is 14.4 Å². The van der Waals surface area contributed by atoms with Gasteiger partial charge in [0.15, 0.2) is 0 Å². The average molecular weight is 710 g/mol. The molecule has 11 nitrogen and oxygen atoms in total. The Hall–Kier alpha value is -3.87. The Morgan fingerprint density at radius 3 is 2.50 bits per heavy atom. The number of anilines is 2. The highest BCUT2D eigenvalue weighted by Crippen LogP contribution is 2.44. The molecule has 0 saturated heterocycles. The van der Waals surface area contributed by atoms with Gasteiger partial charge in [0, 0.05) is 35.8 Å². The molecule has 5 atom stereocenters. The maximum Gasteiger partial charge on any atom is 0.328 e. The van der Waals surface area contributed by atoms with Crippen molar-refractivity contribution in [3.63, 3.8) is 0 Å². The van der Waals surface area contributed by atoms with E-state index in [0.29, 0.717) is 36.1 Å². The molecule has 3 amide bonds. The van der Waals surface area contributed by atoms with Gasteiger partial charge in [0.1, 0.15) is 17.9 Å². The number of benzene rings is 1. The van der Waals surface area contributed by atoms with E-state index in [-0.39, 0.29) is 47.3 Å². The fourth-order valence-electron chi connectivity index (χ4n) is 6.40. The number of allylic oxidation sites excluding steroid dienone is 5. The number of hydrogen-bond donors (Lipinski definition) is 5. The number of thioether (sulfide) groups is 1. The molecule has 2 heterocycles. The van der Waals surface area contributed by atoms with E-state index in [4.69, 9.17) is 9.47 Å². The molecule has 0 radical (unpaired) electrons. The van der Waals surface area contributed by atoms with E-state index < -0.39 is 36.2 Å². The highest BCUT2D eigenvalue weighted by molar-refractivity contribution is 8.00. The summed E-state index contributed by atoms with van der Waals surface area (Å²) in [4.78, 5) is 52.0. The van der Waals surface area contributed by atoms with E-state index in [1.807, 2.05) is 25.2 Å². The van der Waals surface area contributed by atoms with Crippen molar-refractivity contribution in [1.29, 1.82) is 0 Å². The monoisotopic (exact) mass is 709 g/mol. The van der Waals surface area contributed by atoms with Gasteiger partial charge in [0.2, 0.25) is 17.7 Å². The molecular weight excluding hydrogens is 658 g/mol. The van der Waals surface area contributed by atoms with Gasteiger partial charge >= 0.3 is 5.97 Å². The molecule has 1 aliphatic carbocycles. The van der Waals surface area contributed by atoms with Crippen LogP contribution in [0.1, 0.15) is 77.7 Å². The Morgan fingerprint density at radius 2 is 1.76 bits per heavy atom. The lowest BCUT2D eigenvalue weighted by atomic mass is 9.88. The molecule has 3 aliphatic rings. The fraction of sp³-hybridized carbons (Fsp3) is 0.526. The molecule has 0 spiro atoms. The third-order valence-electron chi connectivity index (χ3n) is 9.46. The molecule has 272 valence electrons. The molecule has 4 rings (SSSR count). The minimum absolute atomic E-state index is 0.00602. The van der Waals surface area contributed by atoms with Crippen LogP contribution in [0.5, 0.6) is 5.75 Å². The van der Waals surface area contributed by atoms with Crippen LogP contribution in [0.15, 0.2) is 59.1 Å². The van der Waals surface area contributed by atoms with Crippen LogP contribution in [0.2, 0.25) is 0 Å². The first-order chi connectivity index (χ1) is 24.0. The standard InChI is InChI=1S/C38H51N3O8S/c1-23-14-13-18-28-35(45)29(21-30-36(28)50-22-33(43)41-30)40-32(42)20-27(48-4)17-11-6-5-7-12-19-31(24(2)34(23)44)49-38(47)25(3)39-37(46)26-15-9-8-10-16-26/h5-7,11-12,14,17,21,24-27,31,34,44-45H,8-10,13,15-16,18-20,22H2,1-4H3,(H,39,46)(H,40,42)(H,41,43)/b6-5-,12-7-,17-11-,23-14-. The van der Waals surface area contributed by atoms with E-state index >= 15 is 0 Å². The maximum absolute atomic E-state index is 13.2. The summed E-state index contributed by atoms with van der Waals surface area (Å²) in [7, 11) is 1.50. The van der Waals surface area contributed by atoms with Crippen molar-refractivity contribution < 1.29 is 38.9 Å². The second kappa shape index (κ2) is 18.9. The van der Waals surface area contributed by atoms with Crippen molar-refractivity contribution in [3.05, 3.63) is 59.7 Å². The topological polar surface area (TPSA) is 163 Å². The van der Waals surface area contributed by atoms with Crippen molar-refractivity contribution in [2.24, 2.45) is 11.8 Å². The van der Waals surface area contributed by atoms with Crippen molar-refractivity contribution in [3.8, 4) is 5.75 Å². The number of rotatable bonds is 5. The van der Waals surface area contributed by atoms with Crippen molar-refractivity contribution in [2.45, 2.75) is 108 Å². The summed E-state index contributed by atoms with van der Waals surface area (Å²) >= 11 is 1.32. The molecule has 1 saturated carbocycles. The number of aliphatic hydroxyl groups is 1. The number of aromatic hydroxyl groups is 1. The summed E-state index contributed by atoms with van der Waals surface area (Å²) in [6.07, 6.45) is 16.4. The molecule has 2 aliphatic heterocycles. The van der Waals surface area contributed by atoms with Crippen LogP contribution < -0.4 is 16.0 Å². The third kappa shape index (κ3) is 10.8. The number of hydrogen-bond acceptors (Lipinski definition) is 9. The Kier molecular flexibility index (Phi) is 14.7. The van der Waals surface area contributed by atoms with Crippen LogP contribution in [0.3, 0.4) is 0 Å². The summed E-state index contributed by atoms with van der Waals surface area (Å²) in [6, 6.07) is 0.728. The summed E-state index contributed by atoms with van der Waals surface area (Å²) < 4.78 is 11.4. The Labute approximate surface area is 299 Å². The second-order valence-electron chi connectivity index (χ2n) is 13.3. The number of phenolic OH excluding ortho intramolecular Hbond substituents is 1. The number of nitrogens with one attached hydrogen (secondary N) is 3. The summed E-state index contributed by atoms with van der Waals surface area (Å²) in [5, 5.41) is 31.2. The number of ether oxygens (including phenoxy) is 2. The lowest BCUT2D eigenvalue weighted by Crippen LogP contribution is -2.45. The van der Waals surface area contributed by atoms with Gasteiger partial charge < -0.3 is 35.6 Å². The maximum atomic E-state index is 13.2. The van der Waals surface area contributed by atoms with E-state index in [2.05, 4.69) is 16.0 Å². The van der Waals surface area contributed by atoms with Crippen molar-refractivity contribution >= 4 is 46.8 Å². The predicted molar refractivity (Wildman–Crippen MR) is 195 cm³/mol. The predicted octanol–water partition coefficient (Wildman–Crippen LogP) is 5.73. The zero-order chi connectivity index (χ0) is 36.2. The smallest absolute Gasteiger partial charge is 0.328 e. The second-order valence-corrected chi connectivity index (χ2v) is 14.2. The van der Waals surface area contributed by atoms with Gasteiger partial charge in [0.25, 0.3) is 0 Å². The lowest BCUT2D eigenvalue weighted by molar-refractivity contribution is -0.156. The normalized spacial score (nSPS) is 27.8. The molecule has 2 bridgehead atoms. The van der Waals surface area contributed by atoms with Gasteiger partial charge in [-0.25, -0.2) is 4.79 Å². The average Bonchev–Trinajstić information content (AvgIpc) is 3.10. The lowest BCUT2D eigenvalue weighted by Gasteiger charge is -2.29. The highest BCUT2D eigenvalue weighted by atomic mass is 32.2. The molecule has 5 unspecified atom stereocenters. The molecule has 1 fully saturated rings. The van der Waals surface area contributed by atoms with Crippen LogP contribution in [0, 0.1) is 11.8 Å². The van der Waals surface area contributed by atoms with Crippen LogP contribution in [0.25, 0.3) is 0 Å². The quantitative estimate of drug-likeness (QED) is 0.111. The molecule has 1 aromatic rings. The number of esters is 1. The van der Waals surface area contributed by atoms with Crippen LogP contribution in [-0.4, -0.2) is 71.1 Å². The minimum atomic E-state index is -0.950. The number of carbonyl (C=O) groups excluding carboxylic acids is 4. The zero-order valence-corrected chi connectivity index (χ0v) is 30.2. The number of aliphatic hydroxyl groups excluding tert-OH is 1. The number of carbonyl (C=O) groups is 4. The molecule has 0 aromatic heterocycles. The number of methoxy groups -OCH3 is 1.